The van der Waals surface area contributed by atoms with Crippen molar-refractivity contribution in [3.63, 3.8) is 0 Å². The SMILES string of the molecule is CCOC(=O)[C@H]1CCCN(C(=O)c2csc(Nc3ccc(C)cc3)n2)C1. The summed E-state index contributed by atoms with van der Waals surface area (Å²) >= 11 is 1.39. The van der Waals surface area contributed by atoms with Crippen molar-refractivity contribution in [1.29, 1.82) is 0 Å². The molecule has 0 unspecified atom stereocenters. The predicted molar refractivity (Wildman–Crippen MR) is 102 cm³/mol. The summed E-state index contributed by atoms with van der Waals surface area (Å²) in [5.74, 6) is -0.589. The zero-order valence-corrected chi connectivity index (χ0v) is 15.8. The second-order valence-electron chi connectivity index (χ2n) is 6.37. The van der Waals surface area contributed by atoms with Crippen molar-refractivity contribution in [3.8, 4) is 0 Å². The molecular weight excluding hydrogens is 350 g/mol. The molecule has 2 heterocycles. The summed E-state index contributed by atoms with van der Waals surface area (Å²) in [6.45, 7) is 5.24. The summed E-state index contributed by atoms with van der Waals surface area (Å²) < 4.78 is 5.09. The quantitative estimate of drug-likeness (QED) is 0.811. The lowest BCUT2D eigenvalue weighted by atomic mass is 9.98. The van der Waals surface area contributed by atoms with Gasteiger partial charge < -0.3 is 15.0 Å². The topological polar surface area (TPSA) is 71.5 Å². The number of likely N-dealkylation sites (tertiary alicyclic amines) is 1. The molecule has 1 N–H and O–H groups in total. The lowest BCUT2D eigenvalue weighted by Gasteiger charge is -2.31. The molecule has 0 aliphatic carbocycles. The smallest absolute Gasteiger partial charge is 0.310 e. The molecule has 1 fully saturated rings. The average molecular weight is 373 g/mol. The Morgan fingerprint density at radius 2 is 2.12 bits per heavy atom. The molecule has 1 aromatic heterocycles. The van der Waals surface area contributed by atoms with Crippen molar-refractivity contribution in [2.75, 3.05) is 25.0 Å². The number of thiazole rings is 1. The number of nitrogens with zero attached hydrogens (tertiary/aromatic N) is 2. The van der Waals surface area contributed by atoms with Gasteiger partial charge in [-0.05, 0) is 38.8 Å². The fraction of sp³-hybridized carbons (Fsp3) is 0.421. The van der Waals surface area contributed by atoms with Gasteiger partial charge in [-0.2, -0.15) is 0 Å². The van der Waals surface area contributed by atoms with Gasteiger partial charge >= 0.3 is 5.97 Å². The molecule has 7 heteroatoms. The third-order valence-corrected chi connectivity index (χ3v) is 5.11. The number of hydrogen-bond donors (Lipinski definition) is 1. The Labute approximate surface area is 157 Å². The van der Waals surface area contributed by atoms with Crippen molar-refractivity contribution >= 4 is 34.0 Å². The molecule has 0 radical (unpaired) electrons. The van der Waals surface area contributed by atoms with Crippen LogP contribution in [0.5, 0.6) is 0 Å². The summed E-state index contributed by atoms with van der Waals surface area (Å²) in [5.41, 5.74) is 2.53. The number of amides is 1. The van der Waals surface area contributed by atoms with Gasteiger partial charge in [0.25, 0.3) is 5.91 Å². The van der Waals surface area contributed by atoms with Crippen molar-refractivity contribution in [1.82, 2.24) is 9.88 Å². The molecule has 1 atom stereocenters. The van der Waals surface area contributed by atoms with Gasteiger partial charge in [-0.15, -0.1) is 11.3 Å². The van der Waals surface area contributed by atoms with Crippen LogP contribution < -0.4 is 5.32 Å². The molecule has 1 aliphatic rings. The molecule has 6 nitrogen and oxygen atoms in total. The maximum atomic E-state index is 12.7. The zero-order valence-electron chi connectivity index (χ0n) is 15.0. The van der Waals surface area contributed by atoms with E-state index in [-0.39, 0.29) is 17.8 Å². The number of rotatable bonds is 5. The van der Waals surface area contributed by atoms with Crippen molar-refractivity contribution < 1.29 is 14.3 Å². The number of carbonyl (C=O) groups is 2. The fourth-order valence-electron chi connectivity index (χ4n) is 2.97. The lowest BCUT2D eigenvalue weighted by molar-refractivity contribution is -0.149. The van der Waals surface area contributed by atoms with Gasteiger partial charge in [0.1, 0.15) is 5.69 Å². The molecule has 3 rings (SSSR count). The summed E-state index contributed by atoms with van der Waals surface area (Å²) in [5, 5.41) is 5.65. The number of hydrogen-bond acceptors (Lipinski definition) is 6. The van der Waals surface area contributed by atoms with E-state index in [1.807, 2.05) is 31.2 Å². The average Bonchev–Trinajstić information content (AvgIpc) is 3.12. The monoisotopic (exact) mass is 373 g/mol. The molecule has 1 amide bonds. The van der Waals surface area contributed by atoms with Crippen LogP contribution in [0.25, 0.3) is 0 Å². The molecular formula is C19H23N3O3S. The third-order valence-electron chi connectivity index (χ3n) is 4.35. The highest BCUT2D eigenvalue weighted by atomic mass is 32.1. The van der Waals surface area contributed by atoms with Gasteiger partial charge in [-0.3, -0.25) is 9.59 Å². The Morgan fingerprint density at radius 1 is 1.35 bits per heavy atom. The number of aryl methyl sites for hydroxylation is 1. The van der Waals surface area contributed by atoms with Crippen LogP contribution in [0.2, 0.25) is 0 Å². The van der Waals surface area contributed by atoms with E-state index in [0.29, 0.717) is 30.5 Å². The van der Waals surface area contributed by atoms with E-state index in [1.165, 1.54) is 16.9 Å². The summed E-state index contributed by atoms with van der Waals surface area (Å²) in [6, 6.07) is 8.00. The Bertz CT molecular complexity index is 773. The zero-order chi connectivity index (χ0) is 18.5. The fourth-order valence-corrected chi connectivity index (χ4v) is 3.67. The first kappa shape index (κ1) is 18.4. The molecule has 26 heavy (non-hydrogen) atoms. The van der Waals surface area contributed by atoms with Crippen LogP contribution in [-0.2, 0) is 9.53 Å². The van der Waals surface area contributed by atoms with E-state index in [9.17, 15) is 9.59 Å². The van der Waals surface area contributed by atoms with Gasteiger partial charge in [-0.1, -0.05) is 17.7 Å². The number of benzene rings is 1. The number of carbonyl (C=O) groups excluding carboxylic acids is 2. The van der Waals surface area contributed by atoms with E-state index >= 15 is 0 Å². The van der Waals surface area contributed by atoms with Crippen LogP contribution in [0.3, 0.4) is 0 Å². The minimum Gasteiger partial charge on any atom is -0.466 e. The van der Waals surface area contributed by atoms with E-state index in [0.717, 1.165) is 18.5 Å². The van der Waals surface area contributed by atoms with E-state index < -0.39 is 0 Å². The van der Waals surface area contributed by atoms with Gasteiger partial charge in [0.2, 0.25) is 0 Å². The van der Waals surface area contributed by atoms with Gasteiger partial charge in [0, 0.05) is 24.2 Å². The first-order valence-electron chi connectivity index (χ1n) is 8.82. The maximum Gasteiger partial charge on any atom is 0.310 e. The second-order valence-corrected chi connectivity index (χ2v) is 7.23. The highest BCUT2D eigenvalue weighted by Crippen LogP contribution is 2.24. The highest BCUT2D eigenvalue weighted by Gasteiger charge is 2.30. The highest BCUT2D eigenvalue weighted by molar-refractivity contribution is 7.14. The van der Waals surface area contributed by atoms with Crippen molar-refractivity contribution in [3.05, 3.63) is 40.9 Å². The van der Waals surface area contributed by atoms with Crippen LogP contribution in [-0.4, -0.2) is 41.5 Å². The molecule has 0 saturated carbocycles. The van der Waals surface area contributed by atoms with Crippen molar-refractivity contribution in [2.45, 2.75) is 26.7 Å². The molecule has 138 valence electrons. The Hall–Kier alpha value is -2.41. The van der Waals surface area contributed by atoms with Gasteiger partial charge in [0.15, 0.2) is 5.13 Å². The van der Waals surface area contributed by atoms with Crippen LogP contribution >= 0.6 is 11.3 Å². The number of nitrogens with one attached hydrogen (secondary N) is 1. The summed E-state index contributed by atoms with van der Waals surface area (Å²) in [7, 11) is 0. The Morgan fingerprint density at radius 3 is 2.85 bits per heavy atom. The van der Waals surface area contributed by atoms with Gasteiger partial charge in [-0.25, -0.2) is 4.98 Å². The largest absolute Gasteiger partial charge is 0.466 e. The van der Waals surface area contributed by atoms with Crippen LogP contribution in [0.15, 0.2) is 29.6 Å². The van der Waals surface area contributed by atoms with Crippen LogP contribution in [0.4, 0.5) is 10.8 Å². The van der Waals surface area contributed by atoms with Gasteiger partial charge in [0.05, 0.1) is 12.5 Å². The second kappa shape index (κ2) is 8.31. The molecule has 1 saturated heterocycles. The molecule has 2 aromatic rings. The maximum absolute atomic E-state index is 12.7. The number of piperidine rings is 1. The molecule has 1 aromatic carbocycles. The number of aromatic nitrogens is 1. The number of ether oxygens (including phenoxy) is 1. The first-order chi connectivity index (χ1) is 12.6. The first-order valence-corrected chi connectivity index (χ1v) is 9.70. The predicted octanol–water partition coefficient (Wildman–Crippen LogP) is 3.61. The van der Waals surface area contributed by atoms with E-state index in [1.54, 1.807) is 17.2 Å². The summed E-state index contributed by atoms with van der Waals surface area (Å²) in [6.07, 6.45) is 1.56. The van der Waals surface area contributed by atoms with Crippen LogP contribution in [0, 0.1) is 12.8 Å². The van der Waals surface area contributed by atoms with E-state index in [2.05, 4.69) is 10.3 Å². The third kappa shape index (κ3) is 4.40. The number of esters is 1. The summed E-state index contributed by atoms with van der Waals surface area (Å²) in [4.78, 5) is 30.8. The number of anilines is 2. The molecule has 1 aliphatic heterocycles. The lowest BCUT2D eigenvalue weighted by Crippen LogP contribution is -2.42. The minimum absolute atomic E-state index is 0.132. The normalized spacial score (nSPS) is 17.0. The van der Waals surface area contributed by atoms with Crippen molar-refractivity contribution in [2.24, 2.45) is 5.92 Å². The Balaban J connectivity index is 1.63. The Kier molecular flexibility index (Phi) is 5.88. The van der Waals surface area contributed by atoms with E-state index in [4.69, 9.17) is 4.74 Å². The minimum atomic E-state index is -0.239. The molecule has 0 spiro atoms. The standard InChI is InChI=1S/C19H23N3O3S/c1-3-25-18(24)14-5-4-10-22(11-14)17(23)16-12-26-19(21-16)20-15-8-6-13(2)7-9-15/h6-9,12,14H,3-5,10-11H2,1-2H3,(H,20,21)/t14-/m0/s1. The van der Waals surface area contributed by atoms with Crippen LogP contribution in [0.1, 0.15) is 35.8 Å². The molecule has 0 bridgehead atoms.